The lowest BCUT2D eigenvalue weighted by Crippen LogP contribution is -2.43. The summed E-state index contributed by atoms with van der Waals surface area (Å²) in [5, 5.41) is 7.00. The molecule has 0 aliphatic heterocycles. The SMILES string of the molecule is COc1ccc(CN=C(NCCc2ccco2)NC2CCCC2)cc1. The van der Waals surface area contributed by atoms with Gasteiger partial charge in [-0.3, -0.25) is 0 Å². The number of aliphatic imine (C=N–C) groups is 1. The maximum Gasteiger partial charge on any atom is 0.191 e. The number of methoxy groups -OCH3 is 1. The van der Waals surface area contributed by atoms with Crippen LogP contribution in [0.1, 0.15) is 37.0 Å². The van der Waals surface area contributed by atoms with Crippen molar-refractivity contribution in [1.82, 2.24) is 10.6 Å². The number of guanidine groups is 1. The second kappa shape index (κ2) is 9.16. The number of nitrogens with one attached hydrogen (secondary N) is 2. The number of nitrogens with zero attached hydrogens (tertiary/aromatic N) is 1. The molecule has 5 nitrogen and oxygen atoms in total. The van der Waals surface area contributed by atoms with Crippen molar-refractivity contribution in [1.29, 1.82) is 0 Å². The zero-order valence-corrected chi connectivity index (χ0v) is 14.8. The molecule has 1 aliphatic rings. The van der Waals surface area contributed by atoms with Gasteiger partial charge in [0.1, 0.15) is 11.5 Å². The van der Waals surface area contributed by atoms with E-state index in [2.05, 4.69) is 22.8 Å². The molecule has 0 spiro atoms. The van der Waals surface area contributed by atoms with Crippen LogP contribution < -0.4 is 15.4 Å². The summed E-state index contributed by atoms with van der Waals surface area (Å²) in [4.78, 5) is 4.75. The van der Waals surface area contributed by atoms with Gasteiger partial charge < -0.3 is 19.8 Å². The Morgan fingerprint density at radius 2 is 2.00 bits per heavy atom. The van der Waals surface area contributed by atoms with Crippen LogP contribution in [0.5, 0.6) is 5.75 Å². The summed E-state index contributed by atoms with van der Waals surface area (Å²) in [6.45, 7) is 1.45. The van der Waals surface area contributed by atoms with E-state index in [0.29, 0.717) is 12.6 Å². The van der Waals surface area contributed by atoms with E-state index in [0.717, 1.165) is 30.4 Å². The molecule has 1 heterocycles. The van der Waals surface area contributed by atoms with Crippen LogP contribution in [0.2, 0.25) is 0 Å². The number of hydrogen-bond donors (Lipinski definition) is 2. The van der Waals surface area contributed by atoms with Gasteiger partial charge in [-0.1, -0.05) is 25.0 Å². The zero-order valence-electron chi connectivity index (χ0n) is 14.8. The molecule has 134 valence electrons. The fraction of sp³-hybridized carbons (Fsp3) is 0.450. The summed E-state index contributed by atoms with van der Waals surface area (Å²) in [6.07, 6.45) is 7.61. The van der Waals surface area contributed by atoms with E-state index < -0.39 is 0 Å². The highest BCUT2D eigenvalue weighted by Crippen LogP contribution is 2.17. The van der Waals surface area contributed by atoms with Crippen molar-refractivity contribution in [3.05, 3.63) is 54.0 Å². The molecule has 0 amide bonds. The molecular weight excluding hydrogens is 314 g/mol. The van der Waals surface area contributed by atoms with Crippen molar-refractivity contribution in [2.24, 2.45) is 4.99 Å². The largest absolute Gasteiger partial charge is 0.497 e. The quantitative estimate of drug-likeness (QED) is 0.598. The Morgan fingerprint density at radius 3 is 2.68 bits per heavy atom. The summed E-state index contributed by atoms with van der Waals surface area (Å²) in [6, 6.07) is 12.5. The lowest BCUT2D eigenvalue weighted by Gasteiger charge is -2.17. The number of ether oxygens (including phenoxy) is 1. The van der Waals surface area contributed by atoms with Gasteiger partial charge >= 0.3 is 0 Å². The monoisotopic (exact) mass is 341 g/mol. The van der Waals surface area contributed by atoms with E-state index >= 15 is 0 Å². The third kappa shape index (κ3) is 5.55. The Kier molecular flexibility index (Phi) is 6.37. The Balaban J connectivity index is 1.57. The van der Waals surface area contributed by atoms with Crippen molar-refractivity contribution < 1.29 is 9.15 Å². The molecule has 1 saturated carbocycles. The first kappa shape index (κ1) is 17.4. The number of benzene rings is 1. The standard InChI is InChI=1S/C20H27N3O2/c1-24-18-10-8-16(9-11-18)15-22-20(23-17-5-2-3-6-17)21-13-12-19-7-4-14-25-19/h4,7-11,14,17H,2-3,5-6,12-13,15H2,1H3,(H2,21,22,23). The summed E-state index contributed by atoms with van der Waals surface area (Å²) in [5.74, 6) is 2.74. The highest BCUT2D eigenvalue weighted by molar-refractivity contribution is 5.80. The van der Waals surface area contributed by atoms with Crippen LogP contribution in [0.15, 0.2) is 52.1 Å². The van der Waals surface area contributed by atoms with E-state index in [-0.39, 0.29) is 0 Å². The van der Waals surface area contributed by atoms with Crippen LogP contribution in [0.25, 0.3) is 0 Å². The van der Waals surface area contributed by atoms with Crippen LogP contribution in [0.3, 0.4) is 0 Å². The molecule has 0 unspecified atom stereocenters. The lowest BCUT2D eigenvalue weighted by atomic mass is 10.2. The molecule has 3 rings (SSSR count). The van der Waals surface area contributed by atoms with Crippen molar-refractivity contribution in [3.63, 3.8) is 0 Å². The second-order valence-electron chi connectivity index (χ2n) is 6.39. The molecule has 0 bridgehead atoms. The van der Waals surface area contributed by atoms with Gasteiger partial charge in [0.2, 0.25) is 0 Å². The van der Waals surface area contributed by atoms with E-state index in [1.54, 1.807) is 13.4 Å². The summed E-state index contributed by atoms with van der Waals surface area (Å²) in [5.41, 5.74) is 1.17. The van der Waals surface area contributed by atoms with Crippen LogP contribution in [-0.4, -0.2) is 25.7 Å². The molecule has 0 saturated heterocycles. The van der Waals surface area contributed by atoms with Gasteiger partial charge in [0.05, 0.1) is 19.9 Å². The van der Waals surface area contributed by atoms with E-state index in [1.807, 2.05) is 24.3 Å². The predicted octanol–water partition coefficient (Wildman–Crippen LogP) is 3.51. The number of rotatable bonds is 7. The molecule has 0 atom stereocenters. The fourth-order valence-corrected chi connectivity index (χ4v) is 3.08. The first-order valence-corrected chi connectivity index (χ1v) is 9.03. The molecule has 1 aromatic heterocycles. The average Bonchev–Trinajstić information content (AvgIpc) is 3.34. The topological polar surface area (TPSA) is 58.8 Å². The minimum absolute atomic E-state index is 0.533. The van der Waals surface area contributed by atoms with Gasteiger partial charge in [0.15, 0.2) is 5.96 Å². The van der Waals surface area contributed by atoms with E-state index in [4.69, 9.17) is 14.1 Å². The highest BCUT2D eigenvalue weighted by Gasteiger charge is 2.16. The van der Waals surface area contributed by atoms with E-state index in [1.165, 1.54) is 31.2 Å². The number of hydrogen-bond acceptors (Lipinski definition) is 3. The summed E-state index contributed by atoms with van der Waals surface area (Å²) < 4.78 is 10.6. The lowest BCUT2D eigenvalue weighted by molar-refractivity contribution is 0.414. The summed E-state index contributed by atoms with van der Waals surface area (Å²) >= 11 is 0. The zero-order chi connectivity index (χ0) is 17.3. The van der Waals surface area contributed by atoms with Crippen LogP contribution in [0, 0.1) is 0 Å². The predicted molar refractivity (Wildman–Crippen MR) is 99.9 cm³/mol. The van der Waals surface area contributed by atoms with Gasteiger partial charge in [-0.15, -0.1) is 0 Å². The third-order valence-corrected chi connectivity index (χ3v) is 4.52. The fourth-order valence-electron chi connectivity index (χ4n) is 3.08. The van der Waals surface area contributed by atoms with Gasteiger partial charge in [-0.05, 0) is 42.7 Å². The molecule has 1 fully saturated rings. The Labute approximate surface area is 149 Å². The van der Waals surface area contributed by atoms with Crippen molar-refractivity contribution in [3.8, 4) is 5.75 Å². The van der Waals surface area contributed by atoms with Crippen LogP contribution in [-0.2, 0) is 13.0 Å². The maximum atomic E-state index is 5.39. The first-order valence-electron chi connectivity index (χ1n) is 9.03. The molecule has 2 N–H and O–H groups in total. The average molecular weight is 341 g/mol. The number of furan rings is 1. The minimum Gasteiger partial charge on any atom is -0.497 e. The smallest absolute Gasteiger partial charge is 0.191 e. The molecule has 5 heteroatoms. The Morgan fingerprint density at radius 1 is 1.20 bits per heavy atom. The molecule has 0 radical (unpaired) electrons. The Bertz CT molecular complexity index is 644. The minimum atomic E-state index is 0.533. The molecule has 25 heavy (non-hydrogen) atoms. The van der Waals surface area contributed by atoms with Gasteiger partial charge in [-0.2, -0.15) is 0 Å². The highest BCUT2D eigenvalue weighted by atomic mass is 16.5. The molecule has 1 aliphatic carbocycles. The summed E-state index contributed by atoms with van der Waals surface area (Å²) in [7, 11) is 1.68. The van der Waals surface area contributed by atoms with Crippen molar-refractivity contribution in [2.45, 2.75) is 44.7 Å². The normalized spacial score (nSPS) is 15.3. The molecular formula is C20H27N3O2. The van der Waals surface area contributed by atoms with Gasteiger partial charge in [-0.25, -0.2) is 4.99 Å². The van der Waals surface area contributed by atoms with Gasteiger partial charge in [0.25, 0.3) is 0 Å². The molecule has 1 aromatic carbocycles. The van der Waals surface area contributed by atoms with Crippen LogP contribution in [0.4, 0.5) is 0 Å². The maximum absolute atomic E-state index is 5.39. The van der Waals surface area contributed by atoms with Crippen LogP contribution >= 0.6 is 0 Å². The van der Waals surface area contributed by atoms with Crippen molar-refractivity contribution in [2.75, 3.05) is 13.7 Å². The van der Waals surface area contributed by atoms with E-state index in [9.17, 15) is 0 Å². The second-order valence-corrected chi connectivity index (χ2v) is 6.39. The van der Waals surface area contributed by atoms with Crippen molar-refractivity contribution >= 4 is 5.96 Å². The Hall–Kier alpha value is -2.43. The first-order chi connectivity index (χ1) is 12.3. The molecule has 2 aromatic rings. The third-order valence-electron chi connectivity index (χ3n) is 4.52. The van der Waals surface area contributed by atoms with Gasteiger partial charge in [0, 0.05) is 19.0 Å².